The van der Waals surface area contributed by atoms with Crippen LogP contribution in [0, 0.1) is 18.3 Å². The summed E-state index contributed by atoms with van der Waals surface area (Å²) in [5.41, 5.74) is 2.52. The average Bonchev–Trinajstić information content (AvgIpc) is 2.59. The van der Waals surface area contributed by atoms with E-state index in [0.29, 0.717) is 6.42 Å². The molecular formula is C12H12N2. The molecule has 0 unspecified atom stereocenters. The Labute approximate surface area is 83.4 Å². The van der Waals surface area contributed by atoms with Gasteiger partial charge in [0.05, 0.1) is 18.0 Å². The van der Waals surface area contributed by atoms with Crippen LogP contribution in [-0.2, 0) is 6.54 Å². The Bertz CT molecular complexity index is 488. The fourth-order valence-electron chi connectivity index (χ4n) is 1.81. The SMILES string of the molecule is Cc1cccc2ccn(CCC#N)c12. The van der Waals surface area contributed by atoms with Crippen LogP contribution in [-0.4, -0.2) is 4.57 Å². The lowest BCUT2D eigenvalue weighted by Gasteiger charge is -2.04. The minimum Gasteiger partial charge on any atom is -0.346 e. The highest BCUT2D eigenvalue weighted by atomic mass is 14.9. The molecule has 1 aromatic heterocycles. The van der Waals surface area contributed by atoms with E-state index in [4.69, 9.17) is 5.26 Å². The van der Waals surface area contributed by atoms with Crippen molar-refractivity contribution in [3.63, 3.8) is 0 Å². The first-order valence-corrected chi connectivity index (χ1v) is 4.74. The van der Waals surface area contributed by atoms with E-state index in [1.807, 2.05) is 0 Å². The van der Waals surface area contributed by atoms with Crippen molar-refractivity contribution in [2.45, 2.75) is 19.9 Å². The Morgan fingerprint density at radius 2 is 2.21 bits per heavy atom. The van der Waals surface area contributed by atoms with E-state index in [2.05, 4.69) is 48.0 Å². The third-order valence-electron chi connectivity index (χ3n) is 2.45. The molecule has 0 saturated carbocycles. The molecule has 1 aromatic carbocycles. The van der Waals surface area contributed by atoms with Gasteiger partial charge in [0, 0.05) is 12.7 Å². The van der Waals surface area contributed by atoms with Gasteiger partial charge in [0.25, 0.3) is 0 Å². The summed E-state index contributed by atoms with van der Waals surface area (Å²) in [7, 11) is 0. The number of nitriles is 1. The summed E-state index contributed by atoms with van der Waals surface area (Å²) in [5, 5.41) is 9.80. The highest BCUT2D eigenvalue weighted by Crippen LogP contribution is 2.19. The van der Waals surface area contributed by atoms with Crippen LogP contribution in [0.2, 0.25) is 0 Å². The van der Waals surface area contributed by atoms with Crippen LogP contribution in [0.1, 0.15) is 12.0 Å². The van der Waals surface area contributed by atoms with Crippen LogP contribution in [0.15, 0.2) is 30.5 Å². The fourth-order valence-corrected chi connectivity index (χ4v) is 1.81. The van der Waals surface area contributed by atoms with E-state index >= 15 is 0 Å². The monoisotopic (exact) mass is 184 g/mol. The predicted molar refractivity (Wildman–Crippen MR) is 56.9 cm³/mol. The van der Waals surface area contributed by atoms with E-state index in [1.54, 1.807) is 0 Å². The molecule has 0 amide bonds. The smallest absolute Gasteiger partial charge is 0.0640 e. The van der Waals surface area contributed by atoms with Gasteiger partial charge in [-0.25, -0.2) is 0 Å². The molecule has 0 aliphatic heterocycles. The van der Waals surface area contributed by atoms with Crippen molar-refractivity contribution in [3.05, 3.63) is 36.0 Å². The summed E-state index contributed by atoms with van der Waals surface area (Å²) in [6.45, 7) is 2.88. The van der Waals surface area contributed by atoms with Crippen LogP contribution in [0.4, 0.5) is 0 Å². The van der Waals surface area contributed by atoms with Crippen molar-refractivity contribution in [2.24, 2.45) is 0 Å². The van der Waals surface area contributed by atoms with Crippen LogP contribution < -0.4 is 0 Å². The zero-order valence-corrected chi connectivity index (χ0v) is 8.20. The van der Waals surface area contributed by atoms with Crippen molar-refractivity contribution in [1.29, 1.82) is 5.26 Å². The Balaban J connectivity index is 2.51. The van der Waals surface area contributed by atoms with Gasteiger partial charge in [-0.3, -0.25) is 0 Å². The first-order valence-electron chi connectivity index (χ1n) is 4.74. The molecule has 0 aliphatic carbocycles. The van der Waals surface area contributed by atoms with Gasteiger partial charge in [0.2, 0.25) is 0 Å². The van der Waals surface area contributed by atoms with Crippen molar-refractivity contribution in [1.82, 2.24) is 4.57 Å². The van der Waals surface area contributed by atoms with E-state index in [-0.39, 0.29) is 0 Å². The lowest BCUT2D eigenvalue weighted by atomic mass is 10.2. The number of para-hydroxylation sites is 1. The second-order valence-corrected chi connectivity index (χ2v) is 3.43. The van der Waals surface area contributed by atoms with E-state index in [0.717, 1.165) is 6.54 Å². The molecule has 2 heteroatoms. The van der Waals surface area contributed by atoms with Gasteiger partial charge in [-0.15, -0.1) is 0 Å². The van der Waals surface area contributed by atoms with E-state index < -0.39 is 0 Å². The molecule has 0 spiro atoms. The number of aryl methyl sites for hydroxylation is 2. The van der Waals surface area contributed by atoms with Crippen LogP contribution in [0.3, 0.4) is 0 Å². The number of benzene rings is 1. The summed E-state index contributed by atoms with van der Waals surface area (Å²) in [6.07, 6.45) is 2.62. The van der Waals surface area contributed by atoms with Gasteiger partial charge in [-0.2, -0.15) is 5.26 Å². The predicted octanol–water partition coefficient (Wildman–Crippen LogP) is 2.86. The molecule has 0 fully saturated rings. The molecular weight excluding hydrogens is 172 g/mol. The van der Waals surface area contributed by atoms with Gasteiger partial charge in [0.15, 0.2) is 0 Å². The highest BCUT2D eigenvalue weighted by Gasteiger charge is 2.02. The minimum absolute atomic E-state index is 0.568. The van der Waals surface area contributed by atoms with Gasteiger partial charge in [-0.05, 0) is 23.9 Å². The molecule has 0 atom stereocenters. The van der Waals surface area contributed by atoms with Gasteiger partial charge in [0.1, 0.15) is 0 Å². The lowest BCUT2D eigenvalue weighted by molar-refractivity contribution is 0.743. The van der Waals surface area contributed by atoms with Crippen LogP contribution in [0.25, 0.3) is 10.9 Å². The summed E-state index contributed by atoms with van der Waals surface area (Å²) >= 11 is 0. The molecule has 2 rings (SSSR count). The standard InChI is InChI=1S/C12H12N2/c1-10-4-2-5-11-6-9-14(12(10)11)8-3-7-13/h2,4-6,9H,3,8H2,1H3. The molecule has 0 radical (unpaired) electrons. The molecule has 1 heterocycles. The third-order valence-corrected chi connectivity index (χ3v) is 2.45. The lowest BCUT2D eigenvalue weighted by Crippen LogP contribution is -1.95. The largest absolute Gasteiger partial charge is 0.346 e. The fraction of sp³-hybridized carbons (Fsp3) is 0.250. The second-order valence-electron chi connectivity index (χ2n) is 3.43. The summed E-state index contributed by atoms with van der Waals surface area (Å²) < 4.78 is 2.15. The Morgan fingerprint density at radius 1 is 1.36 bits per heavy atom. The molecule has 0 N–H and O–H groups in total. The van der Waals surface area contributed by atoms with Crippen molar-refractivity contribution in [3.8, 4) is 6.07 Å². The molecule has 2 nitrogen and oxygen atoms in total. The van der Waals surface area contributed by atoms with Gasteiger partial charge >= 0.3 is 0 Å². The quantitative estimate of drug-likeness (QED) is 0.705. The number of fused-ring (bicyclic) bond motifs is 1. The van der Waals surface area contributed by atoms with Crippen molar-refractivity contribution >= 4 is 10.9 Å². The van der Waals surface area contributed by atoms with E-state index in [1.165, 1.54) is 16.5 Å². The summed E-state index contributed by atoms with van der Waals surface area (Å²) in [4.78, 5) is 0. The number of hydrogen-bond acceptors (Lipinski definition) is 1. The third kappa shape index (κ3) is 1.38. The maximum Gasteiger partial charge on any atom is 0.0640 e. The maximum absolute atomic E-state index is 8.54. The summed E-state index contributed by atoms with van der Waals surface area (Å²) in [6, 6.07) is 10.5. The molecule has 0 bridgehead atoms. The average molecular weight is 184 g/mol. The maximum atomic E-state index is 8.54. The number of aromatic nitrogens is 1. The number of hydrogen-bond donors (Lipinski definition) is 0. The minimum atomic E-state index is 0.568. The first kappa shape index (κ1) is 8.83. The van der Waals surface area contributed by atoms with E-state index in [9.17, 15) is 0 Å². The zero-order valence-electron chi connectivity index (χ0n) is 8.20. The zero-order chi connectivity index (χ0) is 9.97. The Morgan fingerprint density at radius 3 is 3.00 bits per heavy atom. The highest BCUT2D eigenvalue weighted by molar-refractivity contribution is 5.83. The Hall–Kier alpha value is -1.75. The normalized spacial score (nSPS) is 10.3. The van der Waals surface area contributed by atoms with Crippen LogP contribution >= 0.6 is 0 Å². The molecule has 70 valence electrons. The van der Waals surface area contributed by atoms with Crippen molar-refractivity contribution in [2.75, 3.05) is 0 Å². The first-order chi connectivity index (χ1) is 6.83. The van der Waals surface area contributed by atoms with Crippen LogP contribution in [0.5, 0.6) is 0 Å². The van der Waals surface area contributed by atoms with Crippen molar-refractivity contribution < 1.29 is 0 Å². The molecule has 2 aromatic rings. The molecule has 0 aliphatic rings. The number of nitrogens with zero attached hydrogens (tertiary/aromatic N) is 2. The Kier molecular flexibility index (Phi) is 2.24. The van der Waals surface area contributed by atoms with Gasteiger partial charge < -0.3 is 4.57 Å². The number of rotatable bonds is 2. The topological polar surface area (TPSA) is 28.7 Å². The molecule has 0 saturated heterocycles. The molecule has 14 heavy (non-hydrogen) atoms. The second kappa shape index (κ2) is 3.55. The summed E-state index contributed by atoms with van der Waals surface area (Å²) in [5.74, 6) is 0. The van der Waals surface area contributed by atoms with Gasteiger partial charge in [-0.1, -0.05) is 18.2 Å².